The van der Waals surface area contributed by atoms with Crippen molar-refractivity contribution in [2.75, 3.05) is 0 Å². The molecule has 0 aromatic rings. The molecule has 13 heavy (non-hydrogen) atoms. The Hall–Kier alpha value is -0.904. The third kappa shape index (κ3) is 1120. The smallest absolute Gasteiger partial charge is 0.565 e. The Morgan fingerprint density at radius 2 is 0.692 bits per heavy atom. The Bertz CT molecular complexity index is 112. The molecule has 0 radical (unpaired) electrons. The van der Waals surface area contributed by atoms with Gasteiger partial charge in [-0.05, 0) is 0 Å². The summed E-state index contributed by atoms with van der Waals surface area (Å²) in [5.41, 5.74) is 0. The molecule has 0 saturated heterocycles. The van der Waals surface area contributed by atoms with Crippen LogP contribution in [0.3, 0.4) is 0 Å². The van der Waals surface area contributed by atoms with Gasteiger partial charge in [-0.15, -0.1) is 0 Å². The molecule has 3 N–H and O–H groups in total. The number of rotatable bonds is 0. The van der Waals surface area contributed by atoms with E-state index in [0.717, 1.165) is 0 Å². The molecule has 0 atom stereocenters. The maximum atomic E-state index is 8.44. The molecule has 0 fully saturated rings. The minimum Gasteiger partial charge on any atom is -0.565 e. The first-order chi connectivity index (χ1) is 5.20. The second kappa shape index (κ2) is 17.3. The summed E-state index contributed by atoms with van der Waals surface area (Å²) in [5, 5.41) is 45.9. The fourth-order valence-corrected chi connectivity index (χ4v) is 0. The molecule has 9 nitrogen and oxygen atoms in total. The third-order valence-electron chi connectivity index (χ3n) is 0. The van der Waals surface area contributed by atoms with Crippen LogP contribution in [-0.4, -0.2) is 33.8 Å². The van der Waals surface area contributed by atoms with E-state index in [2.05, 4.69) is 0 Å². The van der Waals surface area contributed by atoms with Crippen molar-refractivity contribution in [1.82, 2.24) is 0 Å². The van der Waals surface area contributed by atoms with Gasteiger partial charge in [-0.1, -0.05) is 0 Å². The number of hydrogen-bond acceptors (Lipinski definition) is 6. The number of hydrogen-bond donors (Lipinski definition) is 3. The van der Waals surface area contributed by atoms with Gasteiger partial charge in [-0.25, -0.2) is 0 Å². The van der Waals surface area contributed by atoms with Gasteiger partial charge in [0.05, 0.1) is 0 Å². The van der Waals surface area contributed by atoms with Gasteiger partial charge in [0.25, 0.3) is 0 Å². The SMILES string of the molecule is O=C([O-])O.O=C([O-])O.O=C([O-])O.[Tb+3]. The fourth-order valence-electron chi connectivity index (χ4n) is 0. The molecule has 0 saturated carbocycles. The molecule has 0 aliphatic heterocycles. The Balaban J connectivity index is -0.0000000450. The molecule has 10 heteroatoms. The van der Waals surface area contributed by atoms with Crippen LogP contribution in [0.5, 0.6) is 0 Å². The topological polar surface area (TPSA) is 181 Å². The van der Waals surface area contributed by atoms with Crippen molar-refractivity contribution < 1.29 is 83.6 Å². The van der Waals surface area contributed by atoms with Crippen molar-refractivity contribution in [1.29, 1.82) is 0 Å². The summed E-state index contributed by atoms with van der Waals surface area (Å²) >= 11 is 0. The number of carbonyl (C=O) groups is 3. The van der Waals surface area contributed by atoms with E-state index in [1.165, 1.54) is 0 Å². The van der Waals surface area contributed by atoms with Gasteiger partial charge in [0.2, 0.25) is 18.5 Å². The van der Waals surface area contributed by atoms with Crippen LogP contribution in [0.1, 0.15) is 0 Å². The fraction of sp³-hybridized carbons (Fsp3) is 0. The standard InChI is InChI=1S/3CH2O3.Tb/c3*2-1(3)4;/h3*(H2,2,3,4);/q;;;+3/p-3. The van der Waals surface area contributed by atoms with Gasteiger partial charge in [0.1, 0.15) is 0 Å². The van der Waals surface area contributed by atoms with Crippen LogP contribution >= 0.6 is 0 Å². The van der Waals surface area contributed by atoms with Crippen molar-refractivity contribution in [2.45, 2.75) is 0 Å². The predicted molar refractivity (Wildman–Crippen MR) is 24.1 cm³/mol. The monoisotopic (exact) mass is 342 g/mol. The third-order valence-corrected chi connectivity index (χ3v) is 0. The van der Waals surface area contributed by atoms with E-state index >= 15 is 0 Å². The van der Waals surface area contributed by atoms with Crippen LogP contribution in [0.25, 0.3) is 0 Å². The molecule has 0 aliphatic carbocycles. The van der Waals surface area contributed by atoms with E-state index in [9.17, 15) is 0 Å². The zero-order valence-electron chi connectivity index (χ0n) is 5.62. The molecule has 0 spiro atoms. The maximum Gasteiger partial charge on any atom is 3.00 e. The number of carboxylic acid groups (broad SMARTS) is 6. The molecular weight excluding hydrogens is 339 g/mol. The zero-order chi connectivity index (χ0) is 10.7. The average Bonchev–Trinajstić information content (AvgIpc) is 1.54. The average molecular weight is 342 g/mol. The minimum absolute atomic E-state index is 0. The van der Waals surface area contributed by atoms with Gasteiger partial charge in [0.15, 0.2) is 0 Å². The molecule has 0 aliphatic rings. The van der Waals surface area contributed by atoms with Crippen LogP contribution in [0.4, 0.5) is 14.4 Å². The molecule has 0 bridgehead atoms. The Morgan fingerprint density at radius 1 is 0.692 bits per heavy atom. The van der Waals surface area contributed by atoms with Gasteiger partial charge >= 0.3 is 38.6 Å². The van der Waals surface area contributed by atoms with Crippen LogP contribution in [0.2, 0.25) is 0 Å². The van der Waals surface area contributed by atoms with E-state index in [1.54, 1.807) is 0 Å². The maximum absolute atomic E-state index is 8.44. The molecule has 0 amide bonds. The first kappa shape index (κ1) is 22.7. The zero-order valence-corrected chi connectivity index (χ0v) is 7.76. The van der Waals surface area contributed by atoms with Crippen LogP contribution in [0.15, 0.2) is 0 Å². The van der Waals surface area contributed by atoms with Gasteiger partial charge < -0.3 is 45.0 Å². The minimum atomic E-state index is -2.08. The molecule has 0 heterocycles. The van der Waals surface area contributed by atoms with E-state index in [4.69, 9.17) is 45.0 Å². The van der Waals surface area contributed by atoms with Crippen LogP contribution in [-0.2, 0) is 0 Å². The van der Waals surface area contributed by atoms with Gasteiger partial charge in [0, 0.05) is 0 Å². The van der Waals surface area contributed by atoms with Crippen molar-refractivity contribution in [3.05, 3.63) is 0 Å². The van der Waals surface area contributed by atoms with Crippen LogP contribution in [0, 0.1) is 38.6 Å². The summed E-state index contributed by atoms with van der Waals surface area (Å²) < 4.78 is 0. The molecule has 0 rings (SSSR count). The van der Waals surface area contributed by atoms with Crippen LogP contribution < -0.4 is 15.3 Å². The second-order valence-corrected chi connectivity index (χ2v) is 0.798. The van der Waals surface area contributed by atoms with Gasteiger partial charge in [-0.3, -0.25) is 0 Å². The summed E-state index contributed by atoms with van der Waals surface area (Å²) in [4.78, 5) is 25.3. The van der Waals surface area contributed by atoms with Crippen molar-refractivity contribution >= 4 is 18.5 Å². The summed E-state index contributed by atoms with van der Waals surface area (Å²) in [6.45, 7) is 0. The first-order valence-corrected chi connectivity index (χ1v) is 1.90. The van der Waals surface area contributed by atoms with E-state index < -0.39 is 18.5 Å². The summed E-state index contributed by atoms with van der Waals surface area (Å²) in [6, 6.07) is 0. The summed E-state index contributed by atoms with van der Waals surface area (Å²) in [5.74, 6) is 0. The molecule has 0 aromatic carbocycles. The molecular formula is C3H3O9Tb. The van der Waals surface area contributed by atoms with Crippen molar-refractivity contribution in [2.24, 2.45) is 0 Å². The van der Waals surface area contributed by atoms with Crippen molar-refractivity contribution in [3.63, 3.8) is 0 Å². The van der Waals surface area contributed by atoms with Crippen molar-refractivity contribution in [3.8, 4) is 0 Å². The Morgan fingerprint density at radius 3 is 0.692 bits per heavy atom. The Labute approximate surface area is 102 Å². The Kier molecular flexibility index (Phi) is 30.2. The largest absolute Gasteiger partial charge is 3.00 e. The molecule has 78 valence electrons. The van der Waals surface area contributed by atoms with Gasteiger partial charge in [-0.2, -0.15) is 0 Å². The summed E-state index contributed by atoms with van der Waals surface area (Å²) in [6.07, 6.45) is -6.25. The first-order valence-electron chi connectivity index (χ1n) is 1.90. The molecule has 0 aromatic heterocycles. The van der Waals surface area contributed by atoms with E-state index in [-0.39, 0.29) is 38.6 Å². The summed E-state index contributed by atoms with van der Waals surface area (Å²) in [7, 11) is 0. The predicted octanol–water partition coefficient (Wildman–Crippen LogP) is -3.34. The molecule has 0 unspecified atom stereocenters. The quantitative estimate of drug-likeness (QED) is 0.405. The second-order valence-electron chi connectivity index (χ2n) is 0.798. The van der Waals surface area contributed by atoms with E-state index in [1.807, 2.05) is 0 Å². The normalized spacial score (nSPS) is 5.54. The van der Waals surface area contributed by atoms with E-state index in [0.29, 0.717) is 0 Å².